The SMILES string of the molecule is CCNC(c1ccc(F)cc1)C1(N(CC)CC)CCCC1. The van der Waals surface area contributed by atoms with E-state index in [0.717, 1.165) is 19.6 Å². The van der Waals surface area contributed by atoms with Crippen LogP contribution in [-0.4, -0.2) is 30.1 Å². The Morgan fingerprint density at radius 1 is 1.10 bits per heavy atom. The van der Waals surface area contributed by atoms with Crippen LogP contribution in [-0.2, 0) is 0 Å². The summed E-state index contributed by atoms with van der Waals surface area (Å²) < 4.78 is 13.3. The van der Waals surface area contributed by atoms with E-state index in [-0.39, 0.29) is 17.4 Å². The van der Waals surface area contributed by atoms with Crippen LogP contribution >= 0.6 is 0 Å². The van der Waals surface area contributed by atoms with E-state index >= 15 is 0 Å². The van der Waals surface area contributed by atoms with E-state index in [2.05, 4.69) is 31.0 Å². The molecule has 0 aliphatic heterocycles. The van der Waals surface area contributed by atoms with Gasteiger partial charge in [-0.1, -0.05) is 45.7 Å². The van der Waals surface area contributed by atoms with Crippen molar-refractivity contribution in [2.75, 3.05) is 19.6 Å². The molecule has 1 aliphatic rings. The topological polar surface area (TPSA) is 15.3 Å². The van der Waals surface area contributed by atoms with Crippen LogP contribution < -0.4 is 5.32 Å². The van der Waals surface area contributed by atoms with Gasteiger partial charge in [-0.3, -0.25) is 4.90 Å². The van der Waals surface area contributed by atoms with Crippen molar-refractivity contribution in [3.8, 4) is 0 Å². The van der Waals surface area contributed by atoms with Gasteiger partial charge in [0.2, 0.25) is 0 Å². The molecule has 0 saturated heterocycles. The quantitative estimate of drug-likeness (QED) is 0.813. The molecular formula is C18H29FN2. The molecule has 1 N–H and O–H groups in total. The Morgan fingerprint density at radius 3 is 2.14 bits per heavy atom. The average Bonchev–Trinajstić information content (AvgIpc) is 2.98. The minimum atomic E-state index is -0.155. The lowest BCUT2D eigenvalue weighted by atomic mass is 9.81. The van der Waals surface area contributed by atoms with E-state index in [4.69, 9.17) is 0 Å². The minimum absolute atomic E-state index is 0.155. The fourth-order valence-electron chi connectivity index (χ4n) is 4.11. The molecule has 2 nitrogen and oxygen atoms in total. The molecule has 1 atom stereocenters. The molecule has 0 bridgehead atoms. The Bertz CT molecular complexity index is 419. The number of likely N-dealkylation sites (N-methyl/N-ethyl adjacent to an activating group) is 2. The van der Waals surface area contributed by atoms with E-state index in [1.165, 1.54) is 31.2 Å². The Hall–Kier alpha value is -0.930. The van der Waals surface area contributed by atoms with Gasteiger partial charge < -0.3 is 5.32 Å². The van der Waals surface area contributed by atoms with Crippen molar-refractivity contribution in [1.82, 2.24) is 10.2 Å². The monoisotopic (exact) mass is 292 g/mol. The second kappa shape index (κ2) is 7.37. The molecule has 1 aromatic carbocycles. The van der Waals surface area contributed by atoms with Gasteiger partial charge in [0, 0.05) is 5.54 Å². The zero-order chi connectivity index (χ0) is 15.3. The zero-order valence-electron chi connectivity index (χ0n) is 13.7. The van der Waals surface area contributed by atoms with Crippen molar-refractivity contribution in [1.29, 1.82) is 0 Å². The van der Waals surface area contributed by atoms with Crippen molar-refractivity contribution >= 4 is 0 Å². The van der Waals surface area contributed by atoms with Crippen LogP contribution in [0.4, 0.5) is 4.39 Å². The first-order valence-corrected chi connectivity index (χ1v) is 8.41. The number of hydrogen-bond donors (Lipinski definition) is 1. The molecule has 0 aromatic heterocycles. The summed E-state index contributed by atoms with van der Waals surface area (Å²) in [6.45, 7) is 9.72. The maximum Gasteiger partial charge on any atom is 0.123 e. The smallest absolute Gasteiger partial charge is 0.123 e. The number of benzene rings is 1. The van der Waals surface area contributed by atoms with Crippen LogP contribution in [0.25, 0.3) is 0 Å². The molecule has 1 fully saturated rings. The highest BCUT2D eigenvalue weighted by Crippen LogP contribution is 2.44. The van der Waals surface area contributed by atoms with Gasteiger partial charge in [0.05, 0.1) is 6.04 Å². The molecule has 1 aromatic rings. The molecule has 1 aliphatic carbocycles. The van der Waals surface area contributed by atoms with Gasteiger partial charge in [0.15, 0.2) is 0 Å². The molecular weight excluding hydrogens is 263 g/mol. The highest BCUT2D eigenvalue weighted by atomic mass is 19.1. The van der Waals surface area contributed by atoms with Crippen LogP contribution in [0.3, 0.4) is 0 Å². The van der Waals surface area contributed by atoms with Crippen molar-refractivity contribution in [3.63, 3.8) is 0 Å². The Labute approximate surface area is 128 Å². The van der Waals surface area contributed by atoms with E-state index < -0.39 is 0 Å². The maximum atomic E-state index is 13.3. The molecule has 0 heterocycles. The standard InChI is InChI=1S/C18H29FN2/c1-4-20-17(15-9-11-16(19)12-10-15)18(13-7-8-14-18)21(5-2)6-3/h9-12,17,20H,4-8,13-14H2,1-3H3. The number of hydrogen-bond acceptors (Lipinski definition) is 2. The molecule has 0 amide bonds. The summed E-state index contributed by atoms with van der Waals surface area (Å²) in [6.07, 6.45) is 5.03. The van der Waals surface area contributed by atoms with Crippen molar-refractivity contribution in [3.05, 3.63) is 35.6 Å². The highest BCUT2D eigenvalue weighted by molar-refractivity contribution is 5.25. The number of nitrogens with one attached hydrogen (secondary N) is 1. The largest absolute Gasteiger partial charge is 0.309 e. The summed E-state index contributed by atoms with van der Waals surface area (Å²) in [5.41, 5.74) is 1.39. The van der Waals surface area contributed by atoms with Crippen LogP contribution in [0.15, 0.2) is 24.3 Å². The molecule has 0 spiro atoms. The highest BCUT2D eigenvalue weighted by Gasteiger charge is 2.45. The van der Waals surface area contributed by atoms with E-state index in [1.807, 2.05) is 12.1 Å². The van der Waals surface area contributed by atoms with E-state index in [1.54, 1.807) is 12.1 Å². The third-order valence-corrected chi connectivity index (χ3v) is 5.01. The third-order valence-electron chi connectivity index (χ3n) is 5.01. The third kappa shape index (κ3) is 3.29. The van der Waals surface area contributed by atoms with E-state index in [0.29, 0.717) is 0 Å². The zero-order valence-corrected chi connectivity index (χ0v) is 13.7. The predicted molar refractivity (Wildman–Crippen MR) is 86.9 cm³/mol. The van der Waals surface area contributed by atoms with Crippen LogP contribution in [0.2, 0.25) is 0 Å². The summed E-state index contributed by atoms with van der Waals surface area (Å²) in [4.78, 5) is 2.61. The molecule has 3 heteroatoms. The first-order valence-electron chi connectivity index (χ1n) is 8.41. The molecule has 1 unspecified atom stereocenters. The van der Waals surface area contributed by atoms with Gasteiger partial charge >= 0.3 is 0 Å². The van der Waals surface area contributed by atoms with Gasteiger partial charge in [-0.05, 0) is 50.2 Å². The number of halogens is 1. The molecule has 2 rings (SSSR count). The normalized spacial score (nSPS) is 19.1. The van der Waals surface area contributed by atoms with Crippen LogP contribution in [0.5, 0.6) is 0 Å². The Kier molecular flexibility index (Phi) is 5.77. The Morgan fingerprint density at radius 2 is 1.67 bits per heavy atom. The summed E-state index contributed by atoms with van der Waals surface area (Å²) in [5.74, 6) is -0.155. The van der Waals surface area contributed by atoms with Gasteiger partial charge in [0.1, 0.15) is 5.82 Å². The maximum absolute atomic E-state index is 13.3. The van der Waals surface area contributed by atoms with Crippen LogP contribution in [0, 0.1) is 5.82 Å². The van der Waals surface area contributed by atoms with Gasteiger partial charge in [-0.15, -0.1) is 0 Å². The van der Waals surface area contributed by atoms with Gasteiger partial charge in [-0.25, -0.2) is 4.39 Å². The summed E-state index contributed by atoms with van der Waals surface area (Å²) in [5, 5.41) is 3.69. The Balaban J connectivity index is 2.39. The van der Waals surface area contributed by atoms with Crippen LogP contribution in [0.1, 0.15) is 58.1 Å². The van der Waals surface area contributed by atoms with Crippen molar-refractivity contribution in [2.24, 2.45) is 0 Å². The summed E-state index contributed by atoms with van der Waals surface area (Å²) in [7, 11) is 0. The second-order valence-corrected chi connectivity index (χ2v) is 6.03. The summed E-state index contributed by atoms with van der Waals surface area (Å²) in [6, 6.07) is 7.36. The lowest BCUT2D eigenvalue weighted by molar-refractivity contribution is 0.0632. The first-order chi connectivity index (χ1) is 10.2. The predicted octanol–water partition coefficient (Wildman–Crippen LogP) is 4.13. The molecule has 1 saturated carbocycles. The number of rotatable bonds is 7. The summed E-state index contributed by atoms with van der Waals surface area (Å²) >= 11 is 0. The first kappa shape index (κ1) is 16.4. The average molecular weight is 292 g/mol. The van der Waals surface area contributed by atoms with E-state index in [9.17, 15) is 4.39 Å². The molecule has 21 heavy (non-hydrogen) atoms. The minimum Gasteiger partial charge on any atom is -0.309 e. The fourth-order valence-corrected chi connectivity index (χ4v) is 4.11. The second-order valence-electron chi connectivity index (χ2n) is 6.03. The van der Waals surface area contributed by atoms with Gasteiger partial charge in [-0.2, -0.15) is 0 Å². The number of nitrogens with zero attached hydrogens (tertiary/aromatic N) is 1. The van der Waals surface area contributed by atoms with Crippen molar-refractivity contribution in [2.45, 2.75) is 58.0 Å². The molecule has 0 radical (unpaired) electrons. The van der Waals surface area contributed by atoms with Gasteiger partial charge in [0.25, 0.3) is 0 Å². The lowest BCUT2D eigenvalue weighted by Gasteiger charge is -2.47. The lowest BCUT2D eigenvalue weighted by Crippen LogP contribution is -2.55. The molecule has 118 valence electrons. The fraction of sp³-hybridized carbons (Fsp3) is 0.667. The van der Waals surface area contributed by atoms with Crippen molar-refractivity contribution < 1.29 is 4.39 Å².